The molecule has 0 bridgehead atoms. The minimum atomic E-state index is -0.311. The van der Waals surface area contributed by atoms with Gasteiger partial charge in [0.2, 0.25) is 4.96 Å². The largest absolute Gasteiger partial charge is 0.332 e. The number of hydrogen-bond donors (Lipinski definition) is 2. The maximum absolute atomic E-state index is 12.2. The summed E-state index contributed by atoms with van der Waals surface area (Å²) in [4.78, 5) is 12.9. The topological polar surface area (TPSA) is 84.2 Å². The molecule has 1 amide bonds. The van der Waals surface area contributed by atoms with Crippen LogP contribution in [0, 0.1) is 0 Å². The van der Waals surface area contributed by atoms with E-state index in [1.54, 1.807) is 35.1 Å². The number of amides is 1. The van der Waals surface area contributed by atoms with Gasteiger partial charge in [-0.15, -0.1) is 10.2 Å². The van der Waals surface area contributed by atoms with E-state index in [1.807, 2.05) is 24.3 Å². The Kier molecular flexibility index (Phi) is 4.80. The molecule has 2 aromatic carbocycles. The van der Waals surface area contributed by atoms with Crippen molar-refractivity contribution in [2.75, 3.05) is 5.32 Å². The minimum Gasteiger partial charge on any atom is -0.332 e. The van der Waals surface area contributed by atoms with Gasteiger partial charge in [0.15, 0.2) is 5.11 Å². The average molecular weight is 415 g/mol. The summed E-state index contributed by atoms with van der Waals surface area (Å²) in [6.45, 7) is 0. The zero-order valence-electron chi connectivity index (χ0n) is 13.6. The van der Waals surface area contributed by atoms with Gasteiger partial charge < -0.3 is 5.32 Å². The lowest BCUT2D eigenvalue weighted by Gasteiger charge is -2.10. The summed E-state index contributed by atoms with van der Waals surface area (Å²) in [6, 6.07) is 14.1. The summed E-state index contributed by atoms with van der Waals surface area (Å²) in [6.07, 6.45) is 1.55. The number of nitrogens with one attached hydrogen (secondary N) is 2. The van der Waals surface area contributed by atoms with Crippen LogP contribution in [-0.2, 0) is 0 Å². The molecule has 0 atom stereocenters. The Hall–Kier alpha value is -2.88. The maximum atomic E-state index is 12.2. The van der Waals surface area contributed by atoms with Gasteiger partial charge in [0.1, 0.15) is 11.3 Å². The molecular weight excluding hydrogens is 404 g/mol. The number of fused-ring (bicyclic) bond motifs is 1. The van der Waals surface area contributed by atoms with Gasteiger partial charge in [-0.2, -0.15) is 9.61 Å². The van der Waals surface area contributed by atoms with Crippen molar-refractivity contribution in [1.82, 2.24) is 25.1 Å². The summed E-state index contributed by atoms with van der Waals surface area (Å²) in [5.41, 5.74) is 2.11. The van der Waals surface area contributed by atoms with Gasteiger partial charge in [-0.1, -0.05) is 35.1 Å². The van der Waals surface area contributed by atoms with Crippen LogP contribution in [0.15, 0.2) is 54.9 Å². The quantitative estimate of drug-likeness (QED) is 0.498. The summed E-state index contributed by atoms with van der Waals surface area (Å²) in [7, 11) is 0. The van der Waals surface area contributed by atoms with Crippen LogP contribution in [0.4, 0.5) is 5.69 Å². The number of nitrogens with zero attached hydrogens (tertiary/aromatic N) is 4. The van der Waals surface area contributed by atoms with Crippen LogP contribution in [0.25, 0.3) is 15.5 Å². The van der Waals surface area contributed by atoms with E-state index in [4.69, 9.17) is 23.8 Å². The number of aromatic nitrogens is 4. The first kappa shape index (κ1) is 17.5. The van der Waals surface area contributed by atoms with Crippen LogP contribution in [0.3, 0.4) is 0 Å². The Bertz CT molecular complexity index is 1110. The number of carbonyl (C=O) groups is 1. The van der Waals surface area contributed by atoms with Gasteiger partial charge in [-0.25, -0.2) is 0 Å². The molecule has 27 heavy (non-hydrogen) atoms. The molecule has 7 nitrogen and oxygen atoms in total. The van der Waals surface area contributed by atoms with Gasteiger partial charge in [-0.3, -0.25) is 10.1 Å². The molecule has 2 aromatic heterocycles. The highest BCUT2D eigenvalue weighted by molar-refractivity contribution is 7.80. The molecule has 2 N–H and O–H groups in total. The number of benzene rings is 2. The molecule has 0 aliphatic rings. The molecule has 4 aromatic rings. The molecule has 4 rings (SSSR count). The van der Waals surface area contributed by atoms with E-state index in [0.717, 1.165) is 16.3 Å². The highest BCUT2D eigenvalue weighted by Gasteiger charge is 2.10. The number of thiocarbonyl (C=S) groups is 1. The summed E-state index contributed by atoms with van der Waals surface area (Å²) in [5, 5.41) is 19.4. The van der Waals surface area contributed by atoms with E-state index >= 15 is 0 Å². The van der Waals surface area contributed by atoms with Crippen LogP contribution in [0.5, 0.6) is 0 Å². The minimum absolute atomic E-state index is 0.199. The van der Waals surface area contributed by atoms with E-state index < -0.39 is 0 Å². The van der Waals surface area contributed by atoms with E-state index in [1.165, 1.54) is 11.3 Å². The summed E-state index contributed by atoms with van der Waals surface area (Å²) < 4.78 is 1.62. The summed E-state index contributed by atoms with van der Waals surface area (Å²) >= 11 is 12.5. The Morgan fingerprint density at radius 2 is 2.00 bits per heavy atom. The smallest absolute Gasteiger partial charge is 0.257 e. The van der Waals surface area contributed by atoms with Crippen molar-refractivity contribution in [2.45, 2.75) is 0 Å². The molecule has 2 heterocycles. The number of carbonyl (C=O) groups excluding carboxylic acids is 1. The standard InChI is InChI=1S/C17H11ClN6OS2/c18-12-6-4-10(5-7-12)14(25)21-16(26)20-13-3-1-2-11(8-13)15-23-24-9-19-22-17(24)27-15/h1-9H,(H2,20,21,25,26). The fraction of sp³-hybridized carbons (Fsp3) is 0. The molecule has 0 unspecified atom stereocenters. The fourth-order valence-electron chi connectivity index (χ4n) is 2.35. The van der Waals surface area contributed by atoms with Gasteiger partial charge in [0.05, 0.1) is 0 Å². The molecule has 0 saturated carbocycles. The van der Waals surface area contributed by atoms with Crippen molar-refractivity contribution < 1.29 is 4.79 Å². The third kappa shape index (κ3) is 3.95. The first-order valence-electron chi connectivity index (χ1n) is 7.74. The molecule has 134 valence electrons. The third-order valence-electron chi connectivity index (χ3n) is 3.59. The van der Waals surface area contributed by atoms with Crippen LogP contribution >= 0.6 is 35.2 Å². The zero-order chi connectivity index (χ0) is 18.8. The second-order valence-electron chi connectivity index (χ2n) is 5.46. The Morgan fingerprint density at radius 1 is 1.19 bits per heavy atom. The van der Waals surface area contributed by atoms with Gasteiger partial charge >= 0.3 is 0 Å². The maximum Gasteiger partial charge on any atom is 0.257 e. The normalized spacial score (nSPS) is 10.7. The van der Waals surface area contributed by atoms with Gasteiger partial charge in [0.25, 0.3) is 5.91 Å². The van der Waals surface area contributed by atoms with Crippen molar-refractivity contribution in [3.05, 3.63) is 65.4 Å². The Morgan fingerprint density at radius 3 is 2.78 bits per heavy atom. The lowest BCUT2D eigenvalue weighted by atomic mass is 10.2. The van der Waals surface area contributed by atoms with Crippen LogP contribution in [0.2, 0.25) is 5.02 Å². The first-order chi connectivity index (χ1) is 13.1. The van der Waals surface area contributed by atoms with Crippen molar-refractivity contribution in [1.29, 1.82) is 0 Å². The fourth-order valence-corrected chi connectivity index (χ4v) is 3.50. The molecule has 0 spiro atoms. The van der Waals surface area contributed by atoms with Gasteiger partial charge in [-0.05, 0) is 48.6 Å². The molecular formula is C17H11ClN6OS2. The predicted molar refractivity (Wildman–Crippen MR) is 109 cm³/mol. The highest BCUT2D eigenvalue weighted by Crippen LogP contribution is 2.26. The molecule has 0 aliphatic carbocycles. The lowest BCUT2D eigenvalue weighted by molar-refractivity contribution is 0.0978. The Labute approximate surface area is 168 Å². The number of rotatable bonds is 3. The van der Waals surface area contributed by atoms with E-state index in [-0.39, 0.29) is 11.0 Å². The van der Waals surface area contributed by atoms with Crippen molar-refractivity contribution in [3.63, 3.8) is 0 Å². The predicted octanol–water partition coefficient (Wildman–Crippen LogP) is 3.63. The second kappa shape index (κ2) is 7.39. The van der Waals surface area contributed by atoms with Crippen LogP contribution < -0.4 is 10.6 Å². The third-order valence-corrected chi connectivity index (χ3v) is 5.01. The lowest BCUT2D eigenvalue weighted by Crippen LogP contribution is -2.34. The molecule has 0 saturated heterocycles. The summed E-state index contributed by atoms with van der Waals surface area (Å²) in [5.74, 6) is -0.311. The number of anilines is 1. The van der Waals surface area contributed by atoms with E-state index in [0.29, 0.717) is 15.5 Å². The molecule has 0 radical (unpaired) electrons. The molecule has 10 heteroatoms. The first-order valence-corrected chi connectivity index (χ1v) is 9.34. The molecule has 0 fully saturated rings. The number of halogens is 1. The van der Waals surface area contributed by atoms with Crippen LogP contribution in [0.1, 0.15) is 10.4 Å². The number of hydrogen-bond acceptors (Lipinski definition) is 6. The van der Waals surface area contributed by atoms with Crippen molar-refractivity contribution >= 4 is 56.8 Å². The monoisotopic (exact) mass is 414 g/mol. The van der Waals surface area contributed by atoms with E-state index in [9.17, 15) is 4.79 Å². The van der Waals surface area contributed by atoms with Crippen molar-refractivity contribution in [3.8, 4) is 10.6 Å². The highest BCUT2D eigenvalue weighted by atomic mass is 35.5. The molecule has 0 aliphatic heterocycles. The second-order valence-corrected chi connectivity index (χ2v) is 7.26. The average Bonchev–Trinajstić information content (AvgIpc) is 3.24. The SMILES string of the molecule is O=C(NC(=S)Nc1cccc(-c2nn3cnnc3s2)c1)c1ccc(Cl)cc1. The zero-order valence-corrected chi connectivity index (χ0v) is 16.0. The van der Waals surface area contributed by atoms with E-state index in [2.05, 4.69) is 25.9 Å². The van der Waals surface area contributed by atoms with Crippen LogP contribution in [-0.4, -0.2) is 30.8 Å². The van der Waals surface area contributed by atoms with Crippen molar-refractivity contribution in [2.24, 2.45) is 0 Å². The Balaban J connectivity index is 1.46. The van der Waals surface area contributed by atoms with Gasteiger partial charge in [0, 0.05) is 21.8 Å².